The van der Waals surface area contributed by atoms with Crippen molar-refractivity contribution in [2.24, 2.45) is 5.73 Å². The summed E-state index contributed by atoms with van der Waals surface area (Å²) in [6.45, 7) is 12.6. The fourth-order valence-corrected chi connectivity index (χ4v) is 9.97. The van der Waals surface area contributed by atoms with Crippen LogP contribution in [0.4, 0.5) is 17.1 Å². The minimum absolute atomic E-state index is 0. The number of nitrogens with two attached hydrogens (primary N) is 1. The zero-order valence-corrected chi connectivity index (χ0v) is 55.1. The van der Waals surface area contributed by atoms with E-state index in [1.807, 2.05) is 138 Å². The Labute approximate surface area is 568 Å². The Hall–Kier alpha value is -7.18. The van der Waals surface area contributed by atoms with Gasteiger partial charge >= 0.3 is 73.9 Å². The first-order valence-electron chi connectivity index (χ1n) is 26.4. The first kappa shape index (κ1) is 67.9. The molecule has 19 nitrogen and oxygen atoms in total. The Morgan fingerprint density at radius 3 is 1.74 bits per heavy atom. The molecule has 6 heterocycles. The van der Waals surface area contributed by atoms with Crippen LogP contribution in [0.3, 0.4) is 0 Å². The number of aldehydes is 1. The van der Waals surface area contributed by atoms with Crippen molar-refractivity contribution in [2.45, 2.75) is 40.3 Å². The summed E-state index contributed by atoms with van der Waals surface area (Å²) in [6.07, 6.45) is 0.833. The summed E-state index contributed by atoms with van der Waals surface area (Å²) in [4.78, 5) is 18.6. The third kappa shape index (κ3) is 17.7. The zero-order chi connectivity index (χ0) is 60.7. The molecule has 0 spiro atoms. The molecule has 0 saturated heterocycles. The number of aromatic nitrogens is 2. The Morgan fingerprint density at radius 1 is 0.721 bits per heavy atom. The van der Waals surface area contributed by atoms with Crippen molar-refractivity contribution >= 4 is 93.8 Å². The molecule has 0 amide bonds. The molecule has 1 unspecified atom stereocenters. The van der Waals surface area contributed by atoms with Crippen LogP contribution in [-0.4, -0.2) is 72.9 Å². The molecule has 1 aromatic heterocycles. The number of fused-ring (bicyclic) bond motifs is 6. The first-order valence-corrected chi connectivity index (χ1v) is 29.0. The van der Waals surface area contributed by atoms with Gasteiger partial charge in [0.25, 0.3) is 0 Å². The maximum absolute atomic E-state index is 10.0. The fraction of sp³-hybridized carbons (Fsp3) is 0.213. The topological polar surface area (TPSA) is 223 Å². The van der Waals surface area contributed by atoms with Crippen LogP contribution in [0.25, 0.3) is 22.2 Å². The van der Waals surface area contributed by atoms with Gasteiger partial charge in [0, 0.05) is 83.9 Å². The Bertz CT molecular complexity index is 3740. The molecule has 0 bridgehead atoms. The SMILES string of the molecule is CCN(C(N)=S)c1ccc2c(c1)OCO2.CCN1C(=S)NC(c2ccccc2)c2cc3c(cc21)OCO3.CCNc1ccc2c(c1)OCO2.CCn1c(=S)nc(-c2ccccc2)c2cc3c(cc21)OCO3.N#C[S-].O=Cc1ccccc1.[K+].[O]=[Mn]=[O]. The van der Waals surface area contributed by atoms with E-state index >= 15 is 0 Å². The number of benzene rings is 7. The minimum atomic E-state index is -1.44. The molecule has 7 aromatic carbocycles. The van der Waals surface area contributed by atoms with E-state index in [4.69, 9.17) is 93.2 Å². The molecule has 1 atom stereocenters. The number of thiocarbonyl (C=S) groups is 2. The van der Waals surface area contributed by atoms with Crippen molar-refractivity contribution in [3.63, 3.8) is 0 Å². The summed E-state index contributed by atoms with van der Waals surface area (Å²) in [7, 11) is 0. The van der Waals surface area contributed by atoms with Crippen LogP contribution in [0.5, 0.6) is 46.0 Å². The average Bonchev–Trinajstić information content (AvgIpc) is 1.47. The molecule has 0 fully saturated rings. The quantitative estimate of drug-likeness (QED) is 0.0403. The molecular formula is C61H59KMnN8O11S4. The number of nitrogens with one attached hydrogen (secondary N) is 2. The number of ether oxygens (including phenoxy) is 8. The van der Waals surface area contributed by atoms with Gasteiger partial charge in [-0.25, -0.2) is 10.2 Å². The predicted molar refractivity (Wildman–Crippen MR) is 333 cm³/mol. The Morgan fingerprint density at radius 2 is 1.22 bits per heavy atom. The molecule has 86 heavy (non-hydrogen) atoms. The van der Waals surface area contributed by atoms with Crippen LogP contribution in [0.15, 0.2) is 152 Å². The summed E-state index contributed by atoms with van der Waals surface area (Å²) in [5.74, 6) is 6.25. The van der Waals surface area contributed by atoms with Crippen LogP contribution in [-0.2, 0) is 41.7 Å². The number of nitriles is 1. The summed E-state index contributed by atoms with van der Waals surface area (Å²) in [6, 6.07) is 49.1. The average molecular weight is 1300 g/mol. The molecule has 25 heteroatoms. The first-order chi connectivity index (χ1) is 41.4. The van der Waals surface area contributed by atoms with E-state index in [2.05, 4.69) is 72.1 Å². The van der Waals surface area contributed by atoms with Gasteiger partial charge in [-0.05, 0) is 106 Å². The third-order valence-corrected chi connectivity index (χ3v) is 13.7. The van der Waals surface area contributed by atoms with Crippen LogP contribution >= 0.6 is 36.7 Å². The van der Waals surface area contributed by atoms with E-state index in [1.165, 1.54) is 11.0 Å². The van der Waals surface area contributed by atoms with Gasteiger partial charge in [0.05, 0.1) is 22.9 Å². The molecule has 0 aliphatic carbocycles. The van der Waals surface area contributed by atoms with E-state index in [0.29, 0.717) is 16.7 Å². The van der Waals surface area contributed by atoms with Gasteiger partial charge in [-0.1, -0.05) is 96.4 Å². The zero-order valence-electron chi connectivity index (χ0n) is 47.6. The van der Waals surface area contributed by atoms with E-state index < -0.39 is 14.8 Å². The second kappa shape index (κ2) is 34.8. The van der Waals surface area contributed by atoms with E-state index in [1.54, 1.807) is 12.1 Å². The summed E-state index contributed by atoms with van der Waals surface area (Å²) in [5, 5.41) is 17.2. The number of hydrogen-bond acceptors (Lipinski definition) is 18. The van der Waals surface area contributed by atoms with Gasteiger partial charge in [0.2, 0.25) is 31.9 Å². The number of carbonyl (C=O) groups is 1. The third-order valence-electron chi connectivity index (χ3n) is 12.9. The number of hydrogen-bond donors (Lipinski definition) is 3. The molecule has 4 N–H and O–H groups in total. The predicted octanol–water partition coefficient (Wildman–Crippen LogP) is 9.01. The van der Waals surface area contributed by atoms with E-state index in [-0.39, 0.29) is 77.8 Å². The Kier molecular flexibility index (Phi) is 27.5. The molecule has 5 aliphatic heterocycles. The standard InChI is InChI=1S/C17H16N2O2S.C17H14N2O2S.C10H12N2O2S.C9H11NO2.C7H6O.CHNS.K.Mn.2O/c2*1-2-19-13-9-15-14(20-10-21-15)8-12(13)16(18-17(19)22)11-6-4-3-5-7-11;1-2-12(10(11)15)7-3-4-8-9(5-7)14-6-13-8;1-2-10-7-3-4-8-9(5-7)12-6-11-8;8-6-7-4-2-1-3-5-7;2-1-3;;;;/h3-9,16H,2,10H2,1H3,(H,18,22);3-9H,2,10H2,1H3;3-5H,2,6H2,1H3,(H2,11,15);3-5,10H,2,6H2,1H3;1-6H;3H;;;;/q;;;;;;+1;;;/p-1. The van der Waals surface area contributed by atoms with Crippen molar-refractivity contribution in [1.82, 2.24) is 14.9 Å². The van der Waals surface area contributed by atoms with Gasteiger partial charge in [0.1, 0.15) is 6.29 Å². The second-order valence-electron chi connectivity index (χ2n) is 17.8. The van der Waals surface area contributed by atoms with Crippen molar-refractivity contribution in [3.05, 3.63) is 173 Å². The van der Waals surface area contributed by atoms with Crippen LogP contribution in [0, 0.1) is 15.4 Å². The molecular weight excluding hydrogens is 1240 g/mol. The summed E-state index contributed by atoms with van der Waals surface area (Å²) < 4.78 is 62.4. The van der Waals surface area contributed by atoms with Crippen molar-refractivity contribution in [3.8, 4) is 62.7 Å². The van der Waals surface area contributed by atoms with Gasteiger partial charge in [-0.2, -0.15) is 0 Å². The number of aryl methyl sites for hydroxylation is 1. The molecule has 0 radical (unpaired) electrons. The maximum atomic E-state index is 10.0. The van der Waals surface area contributed by atoms with Crippen LogP contribution < -0.4 is 115 Å². The fourth-order valence-electron chi connectivity index (χ4n) is 9.07. The van der Waals surface area contributed by atoms with Crippen LogP contribution in [0.1, 0.15) is 55.2 Å². The van der Waals surface area contributed by atoms with Crippen molar-refractivity contribution in [1.29, 1.82) is 5.26 Å². The van der Waals surface area contributed by atoms with Gasteiger partial charge < -0.3 is 81.3 Å². The molecule has 441 valence electrons. The number of rotatable bonds is 9. The van der Waals surface area contributed by atoms with Gasteiger partial charge in [-0.15, -0.1) is 0 Å². The number of carbonyl (C=O) groups excluding carboxylic acids is 1. The molecule has 5 aliphatic rings. The number of nitrogens with zero attached hydrogens (tertiary/aromatic N) is 5. The van der Waals surface area contributed by atoms with Crippen LogP contribution in [0.2, 0.25) is 0 Å². The van der Waals surface area contributed by atoms with E-state index in [0.717, 1.165) is 134 Å². The molecule has 0 saturated carbocycles. The summed E-state index contributed by atoms with van der Waals surface area (Å²) >= 11 is 18.2. The monoisotopic (exact) mass is 1300 g/mol. The van der Waals surface area contributed by atoms with E-state index in [9.17, 15) is 4.79 Å². The van der Waals surface area contributed by atoms with Gasteiger partial charge in [-0.3, -0.25) is 4.79 Å². The molecule has 13 rings (SSSR count). The number of anilines is 3. The van der Waals surface area contributed by atoms with Crippen molar-refractivity contribution < 1.29 is 117 Å². The molecule has 8 aromatic rings. The van der Waals surface area contributed by atoms with Gasteiger partial charge in [0.15, 0.2) is 56.2 Å². The summed E-state index contributed by atoms with van der Waals surface area (Å²) in [5.41, 5.74) is 14.7. The Balaban J connectivity index is 0.000000173. The number of thiocyanates is 1. The normalized spacial score (nSPS) is 13.1. The van der Waals surface area contributed by atoms with Crippen molar-refractivity contribution in [2.75, 3.05) is 61.9 Å². The second-order valence-corrected chi connectivity index (χ2v) is 19.3.